The molecule has 0 amide bonds. The maximum absolute atomic E-state index is 12.8. The topological polar surface area (TPSA) is 216 Å². The van der Waals surface area contributed by atoms with Crippen molar-refractivity contribution >= 4 is 88.7 Å². The predicted octanol–water partition coefficient (Wildman–Crippen LogP) is 8.06. The summed E-state index contributed by atoms with van der Waals surface area (Å²) in [5, 5.41) is 2.30. The second-order valence-electron chi connectivity index (χ2n) is 16.2. The first-order valence-corrected chi connectivity index (χ1v) is 24.3. The zero-order valence-electron chi connectivity index (χ0n) is 34.8. The van der Waals surface area contributed by atoms with Crippen molar-refractivity contribution in [1.29, 1.82) is 9.56 Å². The van der Waals surface area contributed by atoms with E-state index in [4.69, 9.17) is 40.6 Å². The predicted molar refractivity (Wildman–Crippen MR) is 258 cm³/mol. The summed E-state index contributed by atoms with van der Waals surface area (Å²) in [5.74, 6) is 2.12. The molecule has 0 bridgehead atoms. The van der Waals surface area contributed by atoms with Crippen molar-refractivity contribution in [1.82, 2.24) is 39.9 Å². The van der Waals surface area contributed by atoms with E-state index in [-0.39, 0.29) is 48.8 Å². The lowest BCUT2D eigenvalue weighted by Crippen LogP contribution is -2.44. The van der Waals surface area contributed by atoms with E-state index in [1.165, 1.54) is 23.5 Å². The summed E-state index contributed by atoms with van der Waals surface area (Å²) in [5.41, 5.74) is 5.24. The van der Waals surface area contributed by atoms with Gasteiger partial charge in [-0.05, 0) is 87.9 Å². The highest BCUT2D eigenvalue weighted by Gasteiger charge is 2.54. The Morgan fingerprint density at radius 1 is 0.742 bits per heavy atom. The molecule has 62 heavy (non-hydrogen) atoms. The van der Waals surface area contributed by atoms with Gasteiger partial charge in [0.05, 0.1) is 78.9 Å². The number of ether oxygens (including phenoxy) is 2. The fraction of sp³-hybridized carbons (Fsp3) is 0.476. The molecule has 4 atom stereocenters. The number of aromatic amines is 2. The lowest BCUT2D eigenvalue weighted by atomic mass is 10.1. The Kier molecular flexibility index (Phi) is 14.2. The van der Waals surface area contributed by atoms with Gasteiger partial charge in [0.2, 0.25) is 5.28 Å². The van der Waals surface area contributed by atoms with E-state index < -0.39 is 29.0 Å². The van der Waals surface area contributed by atoms with Crippen molar-refractivity contribution in [2.45, 2.75) is 75.5 Å². The average Bonchev–Trinajstić information content (AvgIpc) is 4.12. The van der Waals surface area contributed by atoms with Crippen LogP contribution < -0.4 is 9.80 Å². The van der Waals surface area contributed by atoms with Gasteiger partial charge in [-0.25, -0.2) is 38.3 Å². The molecule has 0 unspecified atom stereocenters. The van der Waals surface area contributed by atoms with E-state index in [0.29, 0.717) is 43.6 Å². The molecule has 16 nitrogen and oxygen atoms in total. The highest BCUT2D eigenvalue weighted by atomic mass is 127. The van der Waals surface area contributed by atoms with E-state index in [1.807, 2.05) is 55.0 Å². The molecule has 2 aliphatic carbocycles. The van der Waals surface area contributed by atoms with Gasteiger partial charge >= 0.3 is 0 Å². The Morgan fingerprint density at radius 3 is 1.73 bits per heavy atom. The normalized spacial score (nSPS) is 21.7. The van der Waals surface area contributed by atoms with Gasteiger partial charge in [0.1, 0.15) is 22.9 Å². The van der Waals surface area contributed by atoms with Gasteiger partial charge in [-0.15, -0.1) is 24.0 Å². The summed E-state index contributed by atoms with van der Waals surface area (Å²) < 4.78 is 51.0. The molecule has 2 aliphatic heterocycles. The van der Waals surface area contributed by atoms with Gasteiger partial charge in [-0.2, -0.15) is 0 Å². The number of morpholine rings is 2. The third-order valence-corrected chi connectivity index (χ3v) is 16.3. The van der Waals surface area contributed by atoms with Crippen LogP contribution in [0.3, 0.4) is 0 Å². The lowest BCUT2D eigenvalue weighted by Gasteiger charge is -2.35. The van der Waals surface area contributed by atoms with Crippen molar-refractivity contribution in [2.24, 2.45) is 0 Å². The number of aryl methyl sites for hydroxylation is 1. The molecule has 2 saturated carbocycles. The highest BCUT2D eigenvalue weighted by molar-refractivity contribution is 14.0. The number of nitrogens with zero attached hydrogens (tertiary/aromatic N) is 8. The summed E-state index contributed by atoms with van der Waals surface area (Å²) in [6.07, 6.45) is 13.2. The van der Waals surface area contributed by atoms with Gasteiger partial charge in [-0.1, -0.05) is 7.43 Å². The minimum absolute atomic E-state index is 0. The number of nitrogens with one attached hydrogen (secondary N) is 4. The number of H-pyrrole nitrogens is 2. The van der Waals surface area contributed by atoms with Crippen LogP contribution in [0.15, 0.2) is 61.2 Å². The number of aromatic nitrogens is 8. The minimum atomic E-state index is -2.79. The van der Waals surface area contributed by atoms with Crippen molar-refractivity contribution in [3.8, 4) is 11.4 Å². The first-order valence-electron chi connectivity index (χ1n) is 20.0. The van der Waals surface area contributed by atoms with Crippen LogP contribution in [0.25, 0.3) is 33.5 Å². The summed E-state index contributed by atoms with van der Waals surface area (Å²) in [6, 6.07) is 12.1. The quantitative estimate of drug-likeness (QED) is 0.0883. The van der Waals surface area contributed by atoms with Gasteiger partial charge in [-0.3, -0.25) is 9.56 Å². The fourth-order valence-electron chi connectivity index (χ4n) is 8.03. The standard InChI is InChI=1S/C20H24N6O2S.C13H19ClN4O2S.C8H8N2.CH4.HI/c1-13-12-28-10-9-26(13)17-11-16(20(5-6-20)29(2,21)27)24-19(25-17)15-4-8-23-18-14(15)3-7-22-18;1-9-8-20-6-5-18(9)11-7-10(16-12(14)17-11)13(3-4-13)21(2,15)19;1-6-2-4-9-8-7(6)3-5-10-8;;/h3-4,7-8,11,13,21H,5-6,9-10,12H2,1-2H3,(H,22,23);7,9,15H,3-6,8H2,1-2H3;2-5H,1H3,(H,9,10);1H4;1H/t13-,29-;9-,21-;;;/m11.../s1. The molecule has 4 fully saturated rings. The van der Waals surface area contributed by atoms with Crippen LogP contribution in [0.4, 0.5) is 11.6 Å². The van der Waals surface area contributed by atoms with Crippen LogP contribution in [0.1, 0.15) is 63.9 Å². The van der Waals surface area contributed by atoms with Crippen LogP contribution >= 0.6 is 35.6 Å². The van der Waals surface area contributed by atoms with Gasteiger partial charge < -0.3 is 29.2 Å². The SMILES string of the molecule is C.C[C@@H]1COCCN1c1cc(C2([S@](C)(=N)=O)CC2)nc(-c2ccnc3[nH]ccc23)n1.C[C@@H]1COCCN1c1cc(C2([S@](C)(=N)=O)CC2)nc(Cl)n1.Cc1ccnc2[nH]ccc12.I. The van der Waals surface area contributed by atoms with Crippen LogP contribution in [0, 0.1) is 16.5 Å². The van der Waals surface area contributed by atoms with Crippen molar-refractivity contribution in [3.63, 3.8) is 0 Å². The van der Waals surface area contributed by atoms with E-state index in [9.17, 15) is 8.42 Å². The smallest absolute Gasteiger partial charge is 0.224 e. The number of fused-ring (bicyclic) bond motifs is 2. The third-order valence-electron chi connectivity index (χ3n) is 11.9. The molecule has 4 aliphatic rings. The molecule has 20 heteroatoms. The minimum Gasteiger partial charge on any atom is -0.377 e. The molecular formula is C42H56ClIN12O4S2. The second kappa shape index (κ2) is 18.6. The zero-order chi connectivity index (χ0) is 42.5. The first-order chi connectivity index (χ1) is 28.6. The highest BCUT2D eigenvalue weighted by Crippen LogP contribution is 2.53. The van der Waals surface area contributed by atoms with Crippen LogP contribution in [0.5, 0.6) is 0 Å². The first kappa shape index (κ1) is 47.5. The zero-order valence-corrected chi connectivity index (χ0v) is 39.5. The third kappa shape index (κ3) is 9.43. The molecule has 0 radical (unpaired) electrons. The van der Waals surface area contributed by atoms with Gasteiger partial charge in [0, 0.05) is 78.9 Å². The summed E-state index contributed by atoms with van der Waals surface area (Å²) >= 11 is 6.07. The molecule has 10 rings (SSSR count). The molecular weight excluding hydrogens is 963 g/mol. The Morgan fingerprint density at radius 2 is 1.23 bits per heavy atom. The maximum atomic E-state index is 12.8. The fourth-order valence-corrected chi connectivity index (χ4v) is 11.0. The molecule has 334 valence electrons. The molecule has 6 aromatic heterocycles. The molecule has 6 aromatic rings. The van der Waals surface area contributed by atoms with Crippen molar-refractivity contribution in [3.05, 3.63) is 83.4 Å². The maximum Gasteiger partial charge on any atom is 0.224 e. The Labute approximate surface area is 385 Å². The number of rotatable bonds is 7. The molecule has 0 spiro atoms. The average molecular weight is 1020 g/mol. The van der Waals surface area contributed by atoms with E-state index in [0.717, 1.165) is 72.7 Å². The summed E-state index contributed by atoms with van der Waals surface area (Å²) in [6.45, 7) is 10.3. The van der Waals surface area contributed by atoms with E-state index >= 15 is 0 Å². The Hall–Kier alpha value is -4.02. The van der Waals surface area contributed by atoms with Crippen molar-refractivity contribution in [2.75, 3.05) is 61.8 Å². The molecule has 4 N–H and O–H groups in total. The number of anilines is 2. The van der Waals surface area contributed by atoms with Crippen LogP contribution in [0.2, 0.25) is 5.28 Å². The van der Waals surface area contributed by atoms with Crippen LogP contribution in [-0.2, 0) is 38.4 Å². The van der Waals surface area contributed by atoms with Crippen LogP contribution in [-0.4, -0.2) is 112 Å². The molecule has 8 heterocycles. The largest absolute Gasteiger partial charge is 0.377 e. The lowest BCUT2D eigenvalue weighted by molar-refractivity contribution is 0.0985. The van der Waals surface area contributed by atoms with Gasteiger partial charge in [0.25, 0.3) is 0 Å². The van der Waals surface area contributed by atoms with E-state index in [2.05, 4.69) is 60.5 Å². The molecule has 2 saturated heterocycles. The Balaban J connectivity index is 0.000000170. The number of hydrogen-bond acceptors (Lipinski definition) is 14. The number of hydrogen-bond donors (Lipinski definition) is 4. The summed E-state index contributed by atoms with van der Waals surface area (Å²) in [7, 11) is -5.50. The van der Waals surface area contributed by atoms with Gasteiger partial charge in [0.15, 0.2) is 5.82 Å². The number of pyridine rings is 2. The Bertz CT molecular complexity index is 2760. The second-order valence-corrected chi connectivity index (χ2v) is 21.5. The molecule has 0 aromatic carbocycles. The number of halogens is 2. The summed E-state index contributed by atoms with van der Waals surface area (Å²) in [4.78, 5) is 37.3. The monoisotopic (exact) mass is 1020 g/mol. The van der Waals surface area contributed by atoms with E-state index in [1.54, 1.807) is 6.20 Å². The van der Waals surface area contributed by atoms with Crippen molar-refractivity contribution < 1.29 is 17.9 Å².